The van der Waals surface area contributed by atoms with Crippen LogP contribution in [0.15, 0.2) is 61.3 Å². The highest BCUT2D eigenvalue weighted by molar-refractivity contribution is 5.61. The normalized spacial score (nSPS) is 11.7. The zero-order chi connectivity index (χ0) is 27.0. The van der Waals surface area contributed by atoms with Gasteiger partial charge in [0, 0.05) is 29.7 Å². The minimum atomic E-state index is -4.63. The molecule has 194 valence electrons. The summed E-state index contributed by atoms with van der Waals surface area (Å²) in [6, 6.07) is 6.66. The first-order valence-corrected chi connectivity index (χ1v) is 11.2. The molecule has 38 heavy (non-hydrogen) atoms. The lowest BCUT2D eigenvalue weighted by molar-refractivity contribution is -0.138. The molecule has 5 aromatic rings. The number of fused-ring (bicyclic) bond motifs is 1. The number of aryl methyl sites for hydroxylation is 2. The second-order valence-electron chi connectivity index (χ2n) is 8.40. The third-order valence-corrected chi connectivity index (χ3v) is 5.67. The van der Waals surface area contributed by atoms with Gasteiger partial charge < -0.3 is 9.47 Å². The highest BCUT2D eigenvalue weighted by Crippen LogP contribution is 2.36. The number of aromatic nitrogens is 5. The van der Waals surface area contributed by atoms with Gasteiger partial charge in [-0.2, -0.15) is 18.2 Å². The molecule has 0 spiro atoms. The number of hydrogen-bond donors (Lipinski definition) is 0. The molecular weight excluding hydrogens is 509 g/mol. The van der Waals surface area contributed by atoms with Crippen LogP contribution in [0, 0.1) is 25.5 Å². The van der Waals surface area contributed by atoms with E-state index in [9.17, 15) is 22.0 Å². The van der Waals surface area contributed by atoms with Gasteiger partial charge in [0.1, 0.15) is 18.7 Å². The van der Waals surface area contributed by atoms with Gasteiger partial charge in [-0.3, -0.25) is 4.40 Å². The Morgan fingerprint density at radius 3 is 2.32 bits per heavy atom. The molecule has 12 heteroatoms. The molecule has 0 saturated carbocycles. The summed E-state index contributed by atoms with van der Waals surface area (Å²) in [4.78, 5) is 16.6. The second kappa shape index (κ2) is 9.69. The topological polar surface area (TPSA) is 74.4 Å². The standard InChI is InChI=1S/C26H18F5N5O2/c1-14-3-4-18(8-19(14)26(29,30)31)38-24-20(27)6-16(7-21(24)28)12-37-23-5-15(2)36-22(11-34-25(36)35-23)17-9-32-13-33-10-17/h3-11,13H,12H2,1-2H3. The fraction of sp³-hybridized carbons (Fsp3) is 0.154. The second-order valence-corrected chi connectivity index (χ2v) is 8.40. The van der Waals surface area contributed by atoms with Crippen molar-refractivity contribution in [1.29, 1.82) is 0 Å². The lowest BCUT2D eigenvalue weighted by Gasteiger charge is -2.14. The van der Waals surface area contributed by atoms with Crippen LogP contribution in [0.1, 0.15) is 22.4 Å². The Kier molecular flexibility index (Phi) is 6.39. The van der Waals surface area contributed by atoms with E-state index >= 15 is 0 Å². The molecular formula is C26H18F5N5O2. The van der Waals surface area contributed by atoms with Crippen molar-refractivity contribution in [3.05, 3.63) is 95.3 Å². The summed E-state index contributed by atoms with van der Waals surface area (Å²) >= 11 is 0. The molecule has 5 rings (SSSR count). The van der Waals surface area contributed by atoms with Crippen LogP contribution in [0.25, 0.3) is 17.0 Å². The van der Waals surface area contributed by atoms with Gasteiger partial charge in [-0.25, -0.2) is 23.7 Å². The molecule has 0 bridgehead atoms. The first-order chi connectivity index (χ1) is 18.1. The van der Waals surface area contributed by atoms with E-state index in [0.717, 1.165) is 29.1 Å². The van der Waals surface area contributed by atoms with Crippen LogP contribution in [0.4, 0.5) is 22.0 Å². The molecule has 0 atom stereocenters. The van der Waals surface area contributed by atoms with Gasteiger partial charge in [-0.1, -0.05) is 6.07 Å². The summed E-state index contributed by atoms with van der Waals surface area (Å²) < 4.78 is 81.4. The smallest absolute Gasteiger partial charge is 0.416 e. The van der Waals surface area contributed by atoms with Gasteiger partial charge in [0.25, 0.3) is 0 Å². The number of rotatable bonds is 6. The van der Waals surface area contributed by atoms with Gasteiger partial charge in [-0.05, 0) is 49.2 Å². The van der Waals surface area contributed by atoms with Crippen LogP contribution in [-0.2, 0) is 12.8 Å². The van der Waals surface area contributed by atoms with E-state index in [2.05, 4.69) is 19.9 Å². The maximum absolute atomic E-state index is 14.7. The van der Waals surface area contributed by atoms with Crippen molar-refractivity contribution in [2.75, 3.05) is 0 Å². The van der Waals surface area contributed by atoms with E-state index < -0.39 is 29.1 Å². The highest BCUT2D eigenvalue weighted by atomic mass is 19.4. The van der Waals surface area contributed by atoms with Crippen molar-refractivity contribution < 1.29 is 31.4 Å². The number of halogens is 5. The average molecular weight is 527 g/mol. The summed E-state index contributed by atoms with van der Waals surface area (Å²) in [7, 11) is 0. The third kappa shape index (κ3) is 4.97. The molecule has 0 aliphatic heterocycles. The molecule has 0 aliphatic rings. The Morgan fingerprint density at radius 2 is 1.63 bits per heavy atom. The Labute approximate surface area is 212 Å². The van der Waals surface area contributed by atoms with E-state index in [4.69, 9.17) is 9.47 Å². The molecule has 0 amide bonds. The van der Waals surface area contributed by atoms with Crippen molar-refractivity contribution in [3.63, 3.8) is 0 Å². The van der Waals surface area contributed by atoms with Crippen LogP contribution in [0.2, 0.25) is 0 Å². The van der Waals surface area contributed by atoms with Gasteiger partial charge in [0.2, 0.25) is 11.7 Å². The minimum Gasteiger partial charge on any atom is -0.473 e. The lowest BCUT2D eigenvalue weighted by atomic mass is 10.1. The summed E-state index contributed by atoms with van der Waals surface area (Å²) in [6.45, 7) is 2.86. The molecule has 0 N–H and O–H groups in total. The van der Waals surface area contributed by atoms with Crippen LogP contribution >= 0.6 is 0 Å². The molecule has 0 aliphatic carbocycles. The molecule has 0 unspecified atom stereocenters. The van der Waals surface area contributed by atoms with Crippen LogP contribution in [0.3, 0.4) is 0 Å². The predicted molar refractivity (Wildman–Crippen MR) is 126 cm³/mol. The monoisotopic (exact) mass is 527 g/mol. The number of nitrogens with zero attached hydrogens (tertiary/aromatic N) is 5. The van der Waals surface area contributed by atoms with Crippen molar-refractivity contribution in [2.24, 2.45) is 0 Å². The molecule has 0 fully saturated rings. The van der Waals surface area contributed by atoms with E-state index in [0.29, 0.717) is 11.8 Å². The zero-order valence-corrected chi connectivity index (χ0v) is 19.9. The number of ether oxygens (including phenoxy) is 2. The number of alkyl halides is 3. The fourth-order valence-electron chi connectivity index (χ4n) is 3.89. The third-order valence-electron chi connectivity index (χ3n) is 5.67. The first kappa shape index (κ1) is 25.1. The molecule has 3 heterocycles. The Morgan fingerprint density at radius 1 is 0.921 bits per heavy atom. The Balaban J connectivity index is 1.34. The SMILES string of the molecule is Cc1ccc(Oc2c(F)cc(COc3cc(C)n4c(-c5cncnc5)cnc4n3)cc2F)cc1C(F)(F)F. The van der Waals surface area contributed by atoms with E-state index in [1.54, 1.807) is 29.1 Å². The van der Waals surface area contributed by atoms with E-state index in [1.807, 2.05) is 6.92 Å². The van der Waals surface area contributed by atoms with Crippen molar-refractivity contribution in [1.82, 2.24) is 24.3 Å². The lowest BCUT2D eigenvalue weighted by Crippen LogP contribution is -2.07. The molecule has 2 aromatic carbocycles. The van der Waals surface area contributed by atoms with Gasteiger partial charge >= 0.3 is 6.18 Å². The number of benzene rings is 2. The summed E-state index contributed by atoms with van der Waals surface area (Å²) in [5.41, 5.74) is 1.33. The summed E-state index contributed by atoms with van der Waals surface area (Å²) in [5.74, 6) is -2.84. The average Bonchev–Trinajstić information content (AvgIpc) is 3.30. The van der Waals surface area contributed by atoms with E-state index in [-0.39, 0.29) is 29.4 Å². The molecule has 3 aromatic heterocycles. The van der Waals surface area contributed by atoms with Gasteiger partial charge in [0.15, 0.2) is 17.4 Å². The largest absolute Gasteiger partial charge is 0.473 e. The van der Waals surface area contributed by atoms with Crippen LogP contribution in [0.5, 0.6) is 17.4 Å². The molecule has 7 nitrogen and oxygen atoms in total. The van der Waals surface area contributed by atoms with Crippen molar-refractivity contribution in [3.8, 4) is 28.6 Å². The summed E-state index contributed by atoms with van der Waals surface area (Å²) in [5, 5.41) is 0. The summed E-state index contributed by atoms with van der Waals surface area (Å²) in [6.07, 6.45) is 1.69. The number of hydrogen-bond acceptors (Lipinski definition) is 6. The quantitative estimate of drug-likeness (QED) is 0.236. The van der Waals surface area contributed by atoms with Gasteiger partial charge in [-0.15, -0.1) is 0 Å². The maximum Gasteiger partial charge on any atom is 0.416 e. The molecule has 0 radical (unpaired) electrons. The van der Waals surface area contributed by atoms with Crippen molar-refractivity contribution in [2.45, 2.75) is 26.6 Å². The van der Waals surface area contributed by atoms with Crippen LogP contribution in [-0.4, -0.2) is 24.3 Å². The predicted octanol–water partition coefficient (Wildman–Crippen LogP) is 6.47. The van der Waals surface area contributed by atoms with Crippen molar-refractivity contribution >= 4 is 5.78 Å². The maximum atomic E-state index is 14.7. The Hall–Kier alpha value is -4.61. The minimum absolute atomic E-state index is 0.0408. The fourth-order valence-corrected chi connectivity index (χ4v) is 3.89. The first-order valence-electron chi connectivity index (χ1n) is 11.2. The van der Waals surface area contributed by atoms with Gasteiger partial charge in [0.05, 0.1) is 17.5 Å². The Bertz CT molecular complexity index is 1610. The highest BCUT2D eigenvalue weighted by Gasteiger charge is 2.33. The molecule has 0 saturated heterocycles. The van der Waals surface area contributed by atoms with E-state index in [1.165, 1.54) is 25.4 Å². The number of imidazole rings is 1. The zero-order valence-electron chi connectivity index (χ0n) is 19.9. The van der Waals surface area contributed by atoms with Crippen LogP contribution < -0.4 is 9.47 Å².